The first kappa shape index (κ1) is 9.96. The smallest absolute Gasteiger partial charge is 0.272 e. The van der Waals surface area contributed by atoms with E-state index in [-0.39, 0.29) is 5.91 Å². The van der Waals surface area contributed by atoms with Gasteiger partial charge in [-0.3, -0.25) is 9.78 Å². The van der Waals surface area contributed by atoms with Crippen LogP contribution in [-0.2, 0) is 0 Å². The molecule has 1 aromatic heterocycles. The van der Waals surface area contributed by atoms with Gasteiger partial charge in [0.25, 0.3) is 5.91 Å². The third-order valence-electron chi connectivity index (χ3n) is 2.18. The zero-order valence-corrected chi connectivity index (χ0v) is 8.93. The number of nitrogens with zero attached hydrogens (tertiary/aromatic N) is 2. The minimum Gasteiger partial charge on any atom is -0.490 e. The van der Waals surface area contributed by atoms with Crippen LogP contribution in [-0.4, -0.2) is 36.0 Å². The fraction of sp³-hybridized carbons (Fsp3) is 0.455. The first-order valence-corrected chi connectivity index (χ1v) is 5.01. The lowest BCUT2D eigenvalue weighted by molar-refractivity contribution is 0.0821. The molecule has 1 saturated carbocycles. The Bertz CT molecular complexity index is 373. The molecule has 4 heteroatoms. The Morgan fingerprint density at radius 2 is 2.27 bits per heavy atom. The summed E-state index contributed by atoms with van der Waals surface area (Å²) in [6.07, 6.45) is 4.17. The standard InChI is InChI=1S/C11H14N2O2/c1-13(2)11(14)10-7-9(5-6-12-10)15-8-3-4-8/h5-8H,3-4H2,1-2H3. The number of carbonyl (C=O) groups is 1. The van der Waals surface area contributed by atoms with E-state index in [1.165, 1.54) is 4.90 Å². The molecule has 2 rings (SSSR count). The number of rotatable bonds is 3. The van der Waals surface area contributed by atoms with Crippen LogP contribution >= 0.6 is 0 Å². The van der Waals surface area contributed by atoms with E-state index in [2.05, 4.69) is 4.98 Å². The van der Waals surface area contributed by atoms with Gasteiger partial charge in [0.05, 0.1) is 6.10 Å². The van der Waals surface area contributed by atoms with Gasteiger partial charge in [0.1, 0.15) is 11.4 Å². The van der Waals surface area contributed by atoms with E-state index in [1.807, 2.05) is 0 Å². The maximum atomic E-state index is 11.6. The summed E-state index contributed by atoms with van der Waals surface area (Å²) in [6, 6.07) is 3.48. The van der Waals surface area contributed by atoms with Crippen LogP contribution in [0.5, 0.6) is 5.75 Å². The Morgan fingerprint density at radius 3 is 2.87 bits per heavy atom. The summed E-state index contributed by atoms with van der Waals surface area (Å²) in [5, 5.41) is 0. The molecule has 0 bridgehead atoms. The summed E-state index contributed by atoms with van der Waals surface area (Å²) in [5.74, 6) is 0.633. The fourth-order valence-electron chi connectivity index (χ4n) is 1.21. The van der Waals surface area contributed by atoms with Gasteiger partial charge in [-0.15, -0.1) is 0 Å². The van der Waals surface area contributed by atoms with Crippen LogP contribution in [0.4, 0.5) is 0 Å². The SMILES string of the molecule is CN(C)C(=O)c1cc(OC2CC2)ccn1. The van der Waals surface area contributed by atoms with Crippen molar-refractivity contribution in [2.24, 2.45) is 0 Å². The lowest BCUT2D eigenvalue weighted by atomic mass is 10.3. The molecular weight excluding hydrogens is 192 g/mol. The average molecular weight is 206 g/mol. The van der Waals surface area contributed by atoms with Gasteiger partial charge in [-0.2, -0.15) is 0 Å². The van der Waals surface area contributed by atoms with Crippen LogP contribution in [0.15, 0.2) is 18.3 Å². The number of amides is 1. The molecular formula is C11H14N2O2. The Kier molecular flexibility index (Phi) is 2.58. The predicted molar refractivity (Wildman–Crippen MR) is 55.9 cm³/mol. The minimum absolute atomic E-state index is 0.101. The second kappa shape index (κ2) is 3.88. The Hall–Kier alpha value is -1.58. The zero-order chi connectivity index (χ0) is 10.8. The monoisotopic (exact) mass is 206 g/mol. The molecule has 15 heavy (non-hydrogen) atoms. The highest BCUT2D eigenvalue weighted by molar-refractivity contribution is 5.92. The zero-order valence-electron chi connectivity index (χ0n) is 8.93. The summed E-state index contributed by atoms with van der Waals surface area (Å²) >= 11 is 0. The number of ether oxygens (including phenoxy) is 1. The second-order valence-corrected chi connectivity index (χ2v) is 3.89. The maximum absolute atomic E-state index is 11.6. The highest BCUT2D eigenvalue weighted by atomic mass is 16.5. The Labute approximate surface area is 88.9 Å². The quantitative estimate of drug-likeness (QED) is 0.749. The van der Waals surface area contributed by atoms with Crippen LogP contribution in [0.25, 0.3) is 0 Å². The van der Waals surface area contributed by atoms with Gasteiger partial charge in [-0.05, 0) is 18.9 Å². The van der Waals surface area contributed by atoms with Crippen molar-refractivity contribution < 1.29 is 9.53 Å². The van der Waals surface area contributed by atoms with Crippen molar-refractivity contribution >= 4 is 5.91 Å². The summed E-state index contributed by atoms with van der Waals surface area (Å²) in [4.78, 5) is 17.1. The molecule has 0 saturated heterocycles. The van der Waals surface area contributed by atoms with Crippen molar-refractivity contribution in [2.75, 3.05) is 14.1 Å². The number of carbonyl (C=O) groups excluding carboxylic acids is 1. The van der Waals surface area contributed by atoms with Gasteiger partial charge in [0.2, 0.25) is 0 Å². The van der Waals surface area contributed by atoms with E-state index in [0.717, 1.165) is 18.6 Å². The largest absolute Gasteiger partial charge is 0.490 e. The predicted octanol–water partition coefficient (Wildman–Crippen LogP) is 1.32. The van der Waals surface area contributed by atoms with Crippen molar-refractivity contribution in [3.05, 3.63) is 24.0 Å². The Balaban J connectivity index is 2.13. The first-order valence-electron chi connectivity index (χ1n) is 5.01. The molecule has 1 aliphatic rings. The van der Waals surface area contributed by atoms with Crippen molar-refractivity contribution in [3.63, 3.8) is 0 Å². The molecule has 1 heterocycles. The van der Waals surface area contributed by atoms with E-state index in [0.29, 0.717) is 11.8 Å². The van der Waals surface area contributed by atoms with E-state index in [4.69, 9.17) is 4.74 Å². The van der Waals surface area contributed by atoms with E-state index < -0.39 is 0 Å². The van der Waals surface area contributed by atoms with Gasteiger partial charge in [0.15, 0.2) is 0 Å². The van der Waals surface area contributed by atoms with E-state index >= 15 is 0 Å². The summed E-state index contributed by atoms with van der Waals surface area (Å²) < 4.78 is 5.59. The van der Waals surface area contributed by atoms with Crippen molar-refractivity contribution in [1.82, 2.24) is 9.88 Å². The van der Waals surface area contributed by atoms with Crippen LogP contribution in [0.1, 0.15) is 23.3 Å². The molecule has 80 valence electrons. The molecule has 0 aliphatic heterocycles. The average Bonchev–Trinajstić information content (AvgIpc) is 3.01. The van der Waals surface area contributed by atoms with E-state index in [1.54, 1.807) is 32.4 Å². The molecule has 0 atom stereocenters. The van der Waals surface area contributed by atoms with Crippen LogP contribution in [0, 0.1) is 0 Å². The fourth-order valence-corrected chi connectivity index (χ4v) is 1.21. The number of pyridine rings is 1. The third kappa shape index (κ3) is 2.46. The highest BCUT2D eigenvalue weighted by Crippen LogP contribution is 2.26. The lowest BCUT2D eigenvalue weighted by Gasteiger charge is -2.10. The molecule has 1 fully saturated rings. The van der Waals surface area contributed by atoms with Crippen LogP contribution < -0.4 is 4.74 Å². The van der Waals surface area contributed by atoms with Crippen molar-refractivity contribution in [3.8, 4) is 5.75 Å². The first-order chi connectivity index (χ1) is 7.16. The highest BCUT2D eigenvalue weighted by Gasteiger charge is 2.23. The minimum atomic E-state index is -0.101. The Morgan fingerprint density at radius 1 is 1.53 bits per heavy atom. The molecule has 0 N–H and O–H groups in total. The molecule has 1 aromatic rings. The van der Waals surface area contributed by atoms with Crippen LogP contribution in [0.2, 0.25) is 0 Å². The number of hydrogen-bond donors (Lipinski definition) is 0. The molecule has 1 aliphatic carbocycles. The molecule has 4 nitrogen and oxygen atoms in total. The molecule has 0 unspecified atom stereocenters. The van der Waals surface area contributed by atoms with Gasteiger partial charge in [-0.1, -0.05) is 0 Å². The maximum Gasteiger partial charge on any atom is 0.272 e. The summed E-state index contributed by atoms with van der Waals surface area (Å²) in [6.45, 7) is 0. The summed E-state index contributed by atoms with van der Waals surface area (Å²) in [7, 11) is 3.41. The van der Waals surface area contributed by atoms with Crippen molar-refractivity contribution in [2.45, 2.75) is 18.9 Å². The van der Waals surface area contributed by atoms with E-state index in [9.17, 15) is 4.79 Å². The molecule has 1 amide bonds. The van der Waals surface area contributed by atoms with Crippen molar-refractivity contribution in [1.29, 1.82) is 0 Å². The third-order valence-corrected chi connectivity index (χ3v) is 2.18. The van der Waals surface area contributed by atoms with Gasteiger partial charge >= 0.3 is 0 Å². The second-order valence-electron chi connectivity index (χ2n) is 3.89. The lowest BCUT2D eigenvalue weighted by Crippen LogP contribution is -2.22. The molecule has 0 spiro atoms. The molecule has 0 radical (unpaired) electrons. The van der Waals surface area contributed by atoms with Crippen LogP contribution in [0.3, 0.4) is 0 Å². The van der Waals surface area contributed by atoms with Gasteiger partial charge < -0.3 is 9.64 Å². The van der Waals surface area contributed by atoms with Gasteiger partial charge in [0, 0.05) is 26.4 Å². The summed E-state index contributed by atoms with van der Waals surface area (Å²) in [5.41, 5.74) is 0.429. The number of aromatic nitrogens is 1. The normalized spacial score (nSPS) is 14.8. The topological polar surface area (TPSA) is 42.4 Å². The number of hydrogen-bond acceptors (Lipinski definition) is 3. The molecule has 0 aromatic carbocycles. The van der Waals surface area contributed by atoms with Gasteiger partial charge in [-0.25, -0.2) is 0 Å².